The molecule has 4 rings (SSSR count). The molecule has 1 aliphatic rings. The summed E-state index contributed by atoms with van der Waals surface area (Å²) in [5.41, 5.74) is 1.78. The number of carbonyl (C=O) groups is 2. The fourth-order valence-corrected chi connectivity index (χ4v) is 4.25. The normalized spacial score (nSPS) is 13.0. The molecule has 0 unspecified atom stereocenters. The number of hydrogen-bond acceptors (Lipinski definition) is 4. The van der Waals surface area contributed by atoms with Crippen molar-refractivity contribution in [3.63, 3.8) is 0 Å². The van der Waals surface area contributed by atoms with Crippen LogP contribution in [-0.4, -0.2) is 22.8 Å². The highest BCUT2D eigenvalue weighted by atomic mass is 32.2. The van der Waals surface area contributed by atoms with E-state index in [0.717, 1.165) is 10.6 Å². The molecule has 0 radical (unpaired) electrons. The Morgan fingerprint density at radius 1 is 1.14 bits per heavy atom. The number of fused-ring (bicyclic) bond motifs is 2. The standard InChI is InChI=1S/C22H18FN3O2S/c1-13(2)26-18-10-9-14(25-20(27)15-6-3-4-8-17(15)23)12-19(18)29-21-16(22(26)28)7-5-11-24-21/h3-13H,1-2H3,(H,25,27). The second kappa shape index (κ2) is 7.67. The number of anilines is 2. The lowest BCUT2D eigenvalue weighted by atomic mass is 10.1. The van der Waals surface area contributed by atoms with Crippen molar-refractivity contribution in [1.82, 2.24) is 4.98 Å². The third-order valence-corrected chi connectivity index (χ3v) is 5.60. The number of rotatable bonds is 3. The Bertz CT molecular complexity index is 1120. The summed E-state index contributed by atoms with van der Waals surface area (Å²) >= 11 is 1.37. The minimum Gasteiger partial charge on any atom is -0.322 e. The summed E-state index contributed by atoms with van der Waals surface area (Å²) in [6, 6.07) is 14.6. The maximum Gasteiger partial charge on any atom is 0.261 e. The summed E-state index contributed by atoms with van der Waals surface area (Å²) in [5.74, 6) is -1.22. The van der Waals surface area contributed by atoms with E-state index < -0.39 is 11.7 Å². The molecule has 0 atom stereocenters. The van der Waals surface area contributed by atoms with Gasteiger partial charge in [0.1, 0.15) is 10.8 Å². The Labute approximate surface area is 172 Å². The Morgan fingerprint density at radius 2 is 1.93 bits per heavy atom. The first-order valence-electron chi connectivity index (χ1n) is 9.12. The first-order valence-corrected chi connectivity index (χ1v) is 9.93. The summed E-state index contributed by atoms with van der Waals surface area (Å²) < 4.78 is 13.9. The zero-order valence-corrected chi connectivity index (χ0v) is 16.7. The molecule has 146 valence electrons. The number of nitrogens with one attached hydrogen (secondary N) is 1. The number of amides is 2. The maximum absolute atomic E-state index is 13.9. The van der Waals surface area contributed by atoms with Gasteiger partial charge in [-0.3, -0.25) is 9.59 Å². The second-order valence-electron chi connectivity index (χ2n) is 6.84. The summed E-state index contributed by atoms with van der Waals surface area (Å²) in [4.78, 5) is 32.4. The summed E-state index contributed by atoms with van der Waals surface area (Å²) in [7, 11) is 0. The fourth-order valence-electron chi connectivity index (χ4n) is 3.21. The highest BCUT2D eigenvalue weighted by Crippen LogP contribution is 2.42. The summed E-state index contributed by atoms with van der Waals surface area (Å²) in [5, 5.41) is 3.34. The molecule has 0 spiro atoms. The zero-order valence-electron chi connectivity index (χ0n) is 15.8. The molecule has 0 bridgehead atoms. The van der Waals surface area contributed by atoms with Crippen LogP contribution in [0, 0.1) is 5.82 Å². The fraction of sp³-hybridized carbons (Fsp3) is 0.136. The third kappa shape index (κ3) is 3.61. The predicted octanol–water partition coefficient (Wildman–Crippen LogP) is 4.99. The lowest BCUT2D eigenvalue weighted by Gasteiger charge is -2.27. The van der Waals surface area contributed by atoms with Gasteiger partial charge in [0.05, 0.1) is 16.8 Å². The molecule has 3 aromatic rings. The van der Waals surface area contributed by atoms with Crippen LogP contribution >= 0.6 is 11.8 Å². The Morgan fingerprint density at radius 3 is 2.69 bits per heavy atom. The van der Waals surface area contributed by atoms with Gasteiger partial charge in [-0.15, -0.1) is 0 Å². The van der Waals surface area contributed by atoms with Crippen LogP contribution in [0.4, 0.5) is 15.8 Å². The highest BCUT2D eigenvalue weighted by molar-refractivity contribution is 7.99. The molecular weight excluding hydrogens is 389 g/mol. The lowest BCUT2D eigenvalue weighted by molar-refractivity contribution is 0.0975. The smallest absolute Gasteiger partial charge is 0.261 e. The van der Waals surface area contributed by atoms with Gasteiger partial charge in [0.25, 0.3) is 11.8 Å². The van der Waals surface area contributed by atoms with Crippen molar-refractivity contribution in [1.29, 1.82) is 0 Å². The first kappa shape index (κ1) is 19.1. The van der Waals surface area contributed by atoms with E-state index in [1.54, 1.807) is 47.5 Å². The quantitative estimate of drug-likeness (QED) is 0.664. The lowest BCUT2D eigenvalue weighted by Crippen LogP contribution is -2.37. The monoisotopic (exact) mass is 407 g/mol. The Hall–Kier alpha value is -3.19. The molecule has 1 aliphatic heterocycles. The van der Waals surface area contributed by atoms with Crippen molar-refractivity contribution < 1.29 is 14.0 Å². The molecule has 0 saturated heterocycles. The van der Waals surface area contributed by atoms with Crippen molar-refractivity contribution >= 4 is 35.0 Å². The van der Waals surface area contributed by atoms with Crippen LogP contribution in [-0.2, 0) is 0 Å². The minimum atomic E-state index is -0.580. The Kier molecular flexibility index (Phi) is 5.07. The van der Waals surface area contributed by atoms with E-state index in [1.165, 1.54) is 30.0 Å². The Balaban J connectivity index is 1.73. The van der Waals surface area contributed by atoms with Gasteiger partial charge in [-0.2, -0.15) is 0 Å². The van der Waals surface area contributed by atoms with Gasteiger partial charge >= 0.3 is 0 Å². The molecule has 1 N–H and O–H groups in total. The van der Waals surface area contributed by atoms with Crippen molar-refractivity contribution in [2.24, 2.45) is 0 Å². The number of halogens is 1. The molecule has 7 heteroatoms. The van der Waals surface area contributed by atoms with Gasteiger partial charge in [-0.1, -0.05) is 23.9 Å². The molecule has 0 aliphatic carbocycles. The van der Waals surface area contributed by atoms with Crippen molar-refractivity contribution in [3.05, 3.63) is 77.7 Å². The van der Waals surface area contributed by atoms with Crippen molar-refractivity contribution in [2.45, 2.75) is 29.8 Å². The number of hydrogen-bond donors (Lipinski definition) is 1. The summed E-state index contributed by atoms with van der Waals surface area (Å²) in [6.07, 6.45) is 1.65. The van der Waals surface area contributed by atoms with Gasteiger partial charge in [-0.25, -0.2) is 9.37 Å². The SMILES string of the molecule is CC(C)N1C(=O)c2cccnc2Sc2cc(NC(=O)c3ccccc3F)ccc21. The maximum atomic E-state index is 13.9. The van der Waals surface area contributed by atoms with Crippen LogP contribution in [0.15, 0.2) is 70.7 Å². The zero-order chi connectivity index (χ0) is 20.5. The van der Waals surface area contributed by atoms with Crippen LogP contribution in [0.1, 0.15) is 34.6 Å². The largest absolute Gasteiger partial charge is 0.322 e. The van der Waals surface area contributed by atoms with E-state index in [-0.39, 0.29) is 17.5 Å². The molecule has 2 amide bonds. The number of carbonyl (C=O) groups excluding carboxylic acids is 2. The molecule has 0 fully saturated rings. The van der Waals surface area contributed by atoms with Gasteiger partial charge in [0.2, 0.25) is 0 Å². The van der Waals surface area contributed by atoms with Crippen LogP contribution in [0.3, 0.4) is 0 Å². The van der Waals surface area contributed by atoms with Crippen LogP contribution in [0.2, 0.25) is 0 Å². The molecule has 0 saturated carbocycles. The minimum absolute atomic E-state index is 0.0268. The molecule has 2 heterocycles. The van der Waals surface area contributed by atoms with E-state index >= 15 is 0 Å². The van der Waals surface area contributed by atoms with E-state index in [9.17, 15) is 14.0 Å². The van der Waals surface area contributed by atoms with Gasteiger partial charge in [0.15, 0.2) is 0 Å². The highest BCUT2D eigenvalue weighted by Gasteiger charge is 2.30. The van der Waals surface area contributed by atoms with Crippen LogP contribution in [0.25, 0.3) is 0 Å². The van der Waals surface area contributed by atoms with Crippen LogP contribution < -0.4 is 10.2 Å². The van der Waals surface area contributed by atoms with E-state index in [1.807, 2.05) is 13.8 Å². The van der Waals surface area contributed by atoms with E-state index in [4.69, 9.17) is 0 Å². The number of aromatic nitrogens is 1. The molecule has 2 aromatic carbocycles. The molecule has 1 aromatic heterocycles. The van der Waals surface area contributed by atoms with E-state index in [2.05, 4.69) is 10.3 Å². The van der Waals surface area contributed by atoms with Gasteiger partial charge in [-0.05, 0) is 56.3 Å². The van der Waals surface area contributed by atoms with E-state index in [0.29, 0.717) is 16.3 Å². The van der Waals surface area contributed by atoms with Crippen molar-refractivity contribution in [2.75, 3.05) is 10.2 Å². The first-order chi connectivity index (χ1) is 14.0. The molecule has 5 nitrogen and oxygen atoms in total. The average Bonchev–Trinajstić information content (AvgIpc) is 2.82. The molecular formula is C22H18FN3O2S. The second-order valence-corrected chi connectivity index (χ2v) is 7.87. The number of benzene rings is 2. The van der Waals surface area contributed by atoms with Gasteiger partial charge < -0.3 is 10.2 Å². The molecule has 29 heavy (non-hydrogen) atoms. The van der Waals surface area contributed by atoms with Gasteiger partial charge in [0, 0.05) is 22.8 Å². The predicted molar refractivity (Wildman–Crippen MR) is 111 cm³/mol. The number of nitrogens with zero attached hydrogens (tertiary/aromatic N) is 2. The topological polar surface area (TPSA) is 62.3 Å². The van der Waals surface area contributed by atoms with Crippen molar-refractivity contribution in [3.8, 4) is 0 Å². The third-order valence-electron chi connectivity index (χ3n) is 4.54. The summed E-state index contributed by atoms with van der Waals surface area (Å²) in [6.45, 7) is 3.89. The van der Waals surface area contributed by atoms with Crippen LogP contribution in [0.5, 0.6) is 0 Å². The number of pyridine rings is 1. The average molecular weight is 407 g/mol.